The average molecular weight is 2130 g/mol. The van der Waals surface area contributed by atoms with E-state index in [2.05, 4.69) is 121 Å². The number of carbonyl (C=O) groups excluding carboxylic acids is 17. The fourth-order valence-corrected chi connectivity index (χ4v) is 14.4. The second-order valence-corrected chi connectivity index (χ2v) is 34.3. The van der Waals surface area contributed by atoms with Crippen molar-refractivity contribution in [3.63, 3.8) is 0 Å². The molecule has 0 bridgehead atoms. The van der Waals surface area contributed by atoms with E-state index in [4.69, 9.17) is 33.8 Å². The highest BCUT2D eigenvalue weighted by molar-refractivity contribution is 7.80. The number of phenols is 4. The van der Waals surface area contributed by atoms with E-state index < -0.39 is 315 Å². The number of carboxylic acid groups (broad SMARTS) is 5. The van der Waals surface area contributed by atoms with Crippen LogP contribution >= 0.6 is 25.3 Å². The summed E-state index contributed by atoms with van der Waals surface area (Å²) in [6, 6.07) is -1.92. The Morgan fingerprint density at radius 1 is 0.289 bits per heavy atom. The Balaban J connectivity index is 1.38. The van der Waals surface area contributed by atoms with E-state index in [1.165, 1.54) is 72.8 Å². The lowest BCUT2D eigenvalue weighted by Gasteiger charge is -2.27. The molecule has 0 heterocycles. The summed E-state index contributed by atoms with van der Waals surface area (Å²) in [5.74, 6) is -33.1. The van der Waals surface area contributed by atoms with Gasteiger partial charge in [0.25, 0.3) is 0 Å². The van der Waals surface area contributed by atoms with Crippen molar-refractivity contribution in [2.24, 2.45) is 22.9 Å². The van der Waals surface area contributed by atoms with Gasteiger partial charge in [0.1, 0.15) is 114 Å². The molecule has 58 heteroatoms. The minimum absolute atomic E-state index is 0.0647. The molecule has 5 aromatic rings. The van der Waals surface area contributed by atoms with E-state index in [-0.39, 0.29) is 85.7 Å². The Morgan fingerprint density at radius 2 is 0.537 bits per heavy atom. The molecule has 149 heavy (non-hydrogen) atoms. The first kappa shape index (κ1) is 122. The highest BCUT2D eigenvalue weighted by Gasteiger charge is 2.40. The van der Waals surface area contributed by atoms with E-state index >= 15 is 0 Å². The number of phenolic OH excluding ortho intramolecular Hbond substituents is 4. The molecular formula is C91H120N24O32S2. The van der Waals surface area contributed by atoms with Crippen molar-refractivity contribution in [1.29, 1.82) is 10.8 Å². The zero-order valence-corrected chi connectivity index (χ0v) is 81.5. The van der Waals surface area contributed by atoms with Gasteiger partial charge in [0.2, 0.25) is 100 Å². The fourth-order valence-electron chi connectivity index (χ4n) is 13.9. The number of nitrogens with two attached hydrogens (primary N) is 4. The average Bonchev–Trinajstić information content (AvgIpc) is 0.748. The van der Waals surface area contributed by atoms with Gasteiger partial charge >= 0.3 is 29.8 Å². The number of carbonyl (C=O) groups is 22. The van der Waals surface area contributed by atoms with Gasteiger partial charge in [-0.3, -0.25) is 116 Å². The van der Waals surface area contributed by atoms with E-state index in [9.17, 15) is 157 Å². The van der Waals surface area contributed by atoms with Crippen molar-refractivity contribution >= 4 is 167 Å². The van der Waals surface area contributed by atoms with Crippen LogP contribution in [-0.4, -0.2) is 328 Å². The number of aliphatic hydroxyl groups excluding tert-OH is 1. The molecule has 0 aliphatic rings. The number of amides is 17. The van der Waals surface area contributed by atoms with E-state index in [1.807, 2.05) is 0 Å². The van der Waals surface area contributed by atoms with Crippen LogP contribution in [0.25, 0.3) is 0 Å². The molecule has 0 saturated carbocycles. The van der Waals surface area contributed by atoms with Gasteiger partial charge in [0.15, 0.2) is 11.9 Å². The first-order chi connectivity index (χ1) is 70.3. The number of aromatic hydroxyl groups is 4. The molecule has 17 amide bonds. The molecule has 0 aromatic heterocycles. The molecule has 0 radical (unpaired) electrons. The fraction of sp³-hybridized carbons (Fsp3) is 0.407. The van der Waals surface area contributed by atoms with E-state index in [0.29, 0.717) is 16.7 Å². The van der Waals surface area contributed by atoms with Crippen molar-refractivity contribution in [2.45, 2.75) is 193 Å². The third-order valence-corrected chi connectivity index (χ3v) is 22.4. The number of thiol groups is 2. The van der Waals surface area contributed by atoms with Crippen LogP contribution in [0.4, 0.5) is 0 Å². The van der Waals surface area contributed by atoms with Gasteiger partial charge in [-0.2, -0.15) is 25.3 Å². The second-order valence-electron chi connectivity index (χ2n) is 33.5. The molecule has 0 aliphatic carbocycles. The molecule has 808 valence electrons. The van der Waals surface area contributed by atoms with Gasteiger partial charge in [-0.15, -0.1) is 0 Å². The minimum Gasteiger partial charge on any atom is -0.508 e. The van der Waals surface area contributed by atoms with Crippen LogP contribution in [0.3, 0.4) is 0 Å². The predicted octanol–water partition coefficient (Wildman–Crippen LogP) is -10.0. The summed E-state index contributed by atoms with van der Waals surface area (Å²) in [6.45, 7) is -1.64. The number of aliphatic carboxylic acids is 5. The van der Waals surface area contributed by atoms with E-state index in [1.54, 1.807) is 30.3 Å². The molecule has 5 aromatic carbocycles. The van der Waals surface area contributed by atoms with Crippen LogP contribution in [0, 0.1) is 10.8 Å². The summed E-state index contributed by atoms with van der Waals surface area (Å²) in [6.07, 6.45) is -9.31. The quantitative estimate of drug-likeness (QED) is 0.00744. The summed E-state index contributed by atoms with van der Waals surface area (Å²) in [5.41, 5.74) is 23.3. The standard InChI is InChI=1S/C91H120N24O32S2/c1-43(101-88(146)66(41-148)115-84(142)57(30-45-11-19-49(117)20-12-45)105-76(134)53(92)34-69(122)123)75(133)113-65(40-116)87(145)103-55(10-6-28-99-91(96)97)79(137)111-63(37-72(128)129)85(143)108-60(32-47-15-23-51(119)24-16-47)83(141)112-64(38-73(130)131)86(144)107-59(31-46-13-21-50(118)22-14-46)82(140)110-62(36-71(126)127)77(135)100-39-68(121)102-54(9-5-27-98-90(94)95)78(136)114-67(42-149)89(147)109-61(33-48-17-25-52(120)26-18-48)81(139)106-58(29-44-7-3-2-4-8-44)80(138)104-56(74(93)132)35-70(124)125/h2-4,7-8,11-26,43,53-67,116-120,148-149H,5-6,9-10,27-42,92H2,1H3,(H2,93,132)(H,100,135)(H,101,146)(H,102,121)(H,103,145)(H,104,138)(H,105,134)(H,106,139)(H,107,144)(H,108,143)(H,109,147)(H,110,140)(H,111,137)(H,112,141)(H,113,133)(H,114,136)(H,115,142)(H,122,123)(H,124,125)(H,126,127)(H,128,129)(H,130,131)(H4,94,95,98)(H4,96,97,99)/t43-,53+,54-,55-,56-,57-,58-,59-,60-,61-,62-,63-,64-,65-,66-,67-/m0/s1. The first-order valence-corrected chi connectivity index (χ1v) is 46.7. The largest absolute Gasteiger partial charge is 0.508 e. The maximum atomic E-state index is 14.8. The number of guanidine groups is 2. The summed E-state index contributed by atoms with van der Waals surface area (Å²) < 4.78 is 0. The van der Waals surface area contributed by atoms with Gasteiger partial charge in [0, 0.05) is 56.7 Å². The Hall–Kier alpha value is -17.2. The van der Waals surface area contributed by atoms with Gasteiger partial charge in [-0.25, -0.2) is 0 Å². The van der Waals surface area contributed by atoms with Crippen LogP contribution in [0.2, 0.25) is 0 Å². The van der Waals surface area contributed by atoms with Gasteiger partial charge in [-0.05, 0) is 109 Å². The Morgan fingerprint density at radius 3 is 0.852 bits per heavy atom. The summed E-state index contributed by atoms with van der Waals surface area (Å²) in [7, 11) is 0. The van der Waals surface area contributed by atoms with Crippen molar-refractivity contribution < 1.29 is 157 Å². The summed E-state index contributed by atoms with van der Waals surface area (Å²) in [4.78, 5) is 300. The van der Waals surface area contributed by atoms with Gasteiger partial charge in [-0.1, -0.05) is 78.9 Å². The van der Waals surface area contributed by atoms with Crippen LogP contribution < -0.4 is 119 Å². The SMILES string of the molecule is C[C@H](NC(=O)[C@H](CS)NC(=O)[C@H](Cc1ccc(O)cc1)NC(=O)[C@H](N)CC(=O)O)C(=O)N[C@@H](CO)C(=O)N[C@@H](CCCNC(=N)N)C(=O)N[C@@H](CC(=O)O)C(=O)N[C@@H](Cc1ccc(O)cc1)C(=O)N[C@@H](CC(=O)O)C(=O)N[C@@H](Cc1ccc(O)cc1)C(=O)N[C@@H](CC(=O)O)C(=O)NCC(=O)N[C@@H](CCCNC(=N)N)C(=O)N[C@@H](CS)C(=O)N[C@@H](Cc1ccc(O)cc1)C(=O)N[C@@H](Cc1ccccc1)C(=O)N[C@@H](CC(=O)O)C(N)=O. The van der Waals surface area contributed by atoms with Gasteiger partial charge in [0.05, 0.1) is 51.3 Å². The Kier molecular flexibility index (Phi) is 50.7. The molecule has 0 saturated heterocycles. The van der Waals surface area contributed by atoms with Crippen molar-refractivity contribution in [3.05, 3.63) is 155 Å². The highest BCUT2D eigenvalue weighted by Crippen LogP contribution is 2.20. The number of hydrogen-bond acceptors (Lipinski definition) is 32. The third-order valence-electron chi connectivity index (χ3n) is 21.6. The molecule has 56 nitrogen and oxygen atoms in total. The Bertz CT molecular complexity index is 5590. The van der Waals surface area contributed by atoms with E-state index in [0.717, 1.165) is 31.2 Å². The van der Waals surface area contributed by atoms with Crippen molar-refractivity contribution in [1.82, 2.24) is 95.7 Å². The zero-order chi connectivity index (χ0) is 111. The highest BCUT2D eigenvalue weighted by atomic mass is 32.1. The summed E-state index contributed by atoms with van der Waals surface area (Å²) in [5, 5.41) is 156. The molecule has 0 spiro atoms. The number of nitrogens with one attached hydrogen (secondary N) is 20. The predicted molar refractivity (Wildman–Crippen MR) is 527 cm³/mol. The number of carboxylic acids is 5. The number of hydrogen-bond donors (Lipinski definition) is 36. The summed E-state index contributed by atoms with van der Waals surface area (Å²) >= 11 is 8.38. The maximum Gasteiger partial charge on any atom is 0.305 e. The molecule has 38 N–H and O–H groups in total. The normalized spacial score (nSPS) is 14.1. The van der Waals surface area contributed by atoms with Crippen LogP contribution in [-0.2, 0) is 138 Å². The lowest BCUT2D eigenvalue weighted by atomic mass is 10.0. The molecule has 0 unspecified atom stereocenters. The minimum atomic E-state index is -2.34. The van der Waals surface area contributed by atoms with Crippen LogP contribution in [0.1, 0.15) is 92.5 Å². The molecule has 0 aliphatic heterocycles. The number of rotatable bonds is 64. The van der Waals surface area contributed by atoms with Crippen molar-refractivity contribution in [3.8, 4) is 23.0 Å². The third kappa shape index (κ3) is 44.9. The lowest BCUT2D eigenvalue weighted by molar-refractivity contribution is -0.142. The lowest BCUT2D eigenvalue weighted by Crippen LogP contribution is -2.61. The van der Waals surface area contributed by atoms with Crippen molar-refractivity contribution in [2.75, 3.05) is 37.7 Å². The maximum absolute atomic E-state index is 14.8. The molecule has 0 fully saturated rings. The van der Waals surface area contributed by atoms with Crippen LogP contribution in [0.5, 0.6) is 23.0 Å². The Labute approximate surface area is 858 Å². The zero-order valence-electron chi connectivity index (χ0n) is 79.7. The molecular weight excluding hydrogens is 2010 g/mol. The smallest absolute Gasteiger partial charge is 0.305 e. The second kappa shape index (κ2) is 61.8. The number of primary amides is 1. The first-order valence-electron chi connectivity index (χ1n) is 45.4. The van der Waals surface area contributed by atoms with Crippen LogP contribution in [0.15, 0.2) is 127 Å². The number of aliphatic hydroxyl groups is 1. The topological polar surface area (TPSA) is 946 Å². The monoisotopic (exact) mass is 2120 g/mol. The molecule has 5 rings (SSSR count). The molecule has 16 atom stereocenters. The van der Waals surface area contributed by atoms with Gasteiger partial charge < -0.3 is 170 Å². The number of benzene rings is 5.